The van der Waals surface area contributed by atoms with Gasteiger partial charge >= 0.3 is 0 Å². The van der Waals surface area contributed by atoms with E-state index in [9.17, 15) is 0 Å². The van der Waals surface area contributed by atoms with Gasteiger partial charge in [0, 0.05) is 25.4 Å². The largest absolute Gasteiger partial charge is 0.356 e. The van der Waals surface area contributed by atoms with Gasteiger partial charge in [-0.05, 0) is 63.9 Å². The second-order valence-corrected chi connectivity index (χ2v) is 7.89. The van der Waals surface area contributed by atoms with Crippen molar-refractivity contribution in [2.75, 3.05) is 45.5 Å². The van der Waals surface area contributed by atoms with Gasteiger partial charge in [0.2, 0.25) is 0 Å². The molecule has 6 heteroatoms. The van der Waals surface area contributed by atoms with Gasteiger partial charge < -0.3 is 15.5 Å². The summed E-state index contributed by atoms with van der Waals surface area (Å²) in [5.41, 5.74) is 0. The van der Waals surface area contributed by atoms with E-state index in [1.54, 1.807) is 0 Å². The SMILES string of the molecule is CN=C(NCCCCCN1CCCCC1)NCC1CCCS1.I. The van der Waals surface area contributed by atoms with Crippen molar-refractivity contribution in [2.45, 2.75) is 56.6 Å². The molecular weight excluding hydrogens is 419 g/mol. The van der Waals surface area contributed by atoms with Crippen LogP contribution in [0.25, 0.3) is 0 Å². The lowest BCUT2D eigenvalue weighted by Gasteiger charge is -2.26. The van der Waals surface area contributed by atoms with Crippen molar-refractivity contribution in [3.05, 3.63) is 0 Å². The second-order valence-electron chi connectivity index (χ2n) is 6.48. The minimum Gasteiger partial charge on any atom is -0.356 e. The first-order valence-corrected chi connectivity index (χ1v) is 10.2. The predicted octanol–water partition coefficient (Wildman–Crippen LogP) is 3.32. The van der Waals surface area contributed by atoms with Crippen molar-refractivity contribution in [2.24, 2.45) is 4.99 Å². The van der Waals surface area contributed by atoms with E-state index in [1.165, 1.54) is 76.8 Å². The zero-order valence-corrected chi connectivity index (χ0v) is 17.8. The fourth-order valence-corrected chi connectivity index (χ4v) is 4.46. The van der Waals surface area contributed by atoms with E-state index in [2.05, 4.69) is 32.3 Å². The van der Waals surface area contributed by atoms with Crippen LogP contribution in [-0.4, -0.2) is 61.6 Å². The molecule has 1 atom stereocenters. The highest BCUT2D eigenvalue weighted by Gasteiger charge is 2.15. The van der Waals surface area contributed by atoms with Gasteiger partial charge in [-0.1, -0.05) is 12.8 Å². The van der Waals surface area contributed by atoms with Crippen LogP contribution in [-0.2, 0) is 0 Å². The monoisotopic (exact) mass is 454 g/mol. The average Bonchev–Trinajstić information content (AvgIpc) is 3.08. The van der Waals surface area contributed by atoms with Crippen molar-refractivity contribution >= 4 is 41.7 Å². The molecule has 2 heterocycles. The molecule has 136 valence electrons. The second kappa shape index (κ2) is 13.6. The summed E-state index contributed by atoms with van der Waals surface area (Å²) in [5.74, 6) is 2.30. The lowest BCUT2D eigenvalue weighted by molar-refractivity contribution is 0.224. The molecule has 0 aromatic carbocycles. The zero-order valence-electron chi connectivity index (χ0n) is 14.7. The topological polar surface area (TPSA) is 39.7 Å². The van der Waals surface area contributed by atoms with Crippen molar-refractivity contribution in [3.8, 4) is 0 Å². The van der Waals surface area contributed by atoms with Crippen LogP contribution in [0.1, 0.15) is 51.4 Å². The number of guanidine groups is 1. The van der Waals surface area contributed by atoms with E-state index in [1.807, 2.05) is 7.05 Å². The third kappa shape index (κ3) is 9.39. The van der Waals surface area contributed by atoms with Crippen LogP contribution >= 0.6 is 35.7 Å². The minimum absolute atomic E-state index is 0. The zero-order chi connectivity index (χ0) is 15.5. The molecule has 2 N–H and O–H groups in total. The molecule has 1 unspecified atom stereocenters. The number of rotatable bonds is 8. The lowest BCUT2D eigenvalue weighted by atomic mass is 10.1. The van der Waals surface area contributed by atoms with Gasteiger partial charge in [-0.3, -0.25) is 4.99 Å². The maximum Gasteiger partial charge on any atom is 0.191 e. The third-order valence-corrected chi connectivity index (χ3v) is 6.04. The van der Waals surface area contributed by atoms with Crippen LogP contribution in [0.4, 0.5) is 0 Å². The maximum absolute atomic E-state index is 4.32. The summed E-state index contributed by atoms with van der Waals surface area (Å²) in [6.07, 6.45) is 10.9. The van der Waals surface area contributed by atoms with Crippen LogP contribution in [0.2, 0.25) is 0 Å². The highest BCUT2D eigenvalue weighted by molar-refractivity contribution is 14.0. The van der Waals surface area contributed by atoms with Gasteiger partial charge in [-0.15, -0.1) is 24.0 Å². The number of unbranched alkanes of at least 4 members (excludes halogenated alkanes) is 2. The highest BCUT2D eigenvalue weighted by Crippen LogP contribution is 2.25. The number of nitrogens with one attached hydrogen (secondary N) is 2. The quantitative estimate of drug-likeness (QED) is 0.256. The van der Waals surface area contributed by atoms with E-state index in [-0.39, 0.29) is 24.0 Å². The molecule has 0 aromatic heterocycles. The van der Waals surface area contributed by atoms with Crippen LogP contribution in [0.5, 0.6) is 0 Å². The molecule has 0 bridgehead atoms. The van der Waals surface area contributed by atoms with E-state index < -0.39 is 0 Å². The van der Waals surface area contributed by atoms with E-state index >= 15 is 0 Å². The Labute approximate surface area is 164 Å². The Kier molecular flexibility index (Phi) is 12.6. The Morgan fingerprint density at radius 3 is 2.61 bits per heavy atom. The molecule has 2 rings (SSSR count). The third-order valence-electron chi connectivity index (χ3n) is 4.64. The van der Waals surface area contributed by atoms with Crippen LogP contribution in [0.15, 0.2) is 4.99 Å². The number of piperidine rings is 1. The molecule has 0 saturated carbocycles. The lowest BCUT2D eigenvalue weighted by Crippen LogP contribution is -2.40. The normalized spacial score (nSPS) is 22.7. The molecule has 2 saturated heterocycles. The molecule has 2 aliphatic heterocycles. The predicted molar refractivity (Wildman–Crippen MR) is 114 cm³/mol. The highest BCUT2D eigenvalue weighted by atomic mass is 127. The fraction of sp³-hybridized carbons (Fsp3) is 0.941. The van der Waals surface area contributed by atoms with Crippen LogP contribution in [0.3, 0.4) is 0 Å². The Morgan fingerprint density at radius 2 is 1.91 bits per heavy atom. The van der Waals surface area contributed by atoms with E-state index in [0.717, 1.165) is 24.3 Å². The summed E-state index contributed by atoms with van der Waals surface area (Å²) >= 11 is 2.09. The minimum atomic E-state index is 0. The Morgan fingerprint density at radius 1 is 1.09 bits per heavy atom. The average molecular weight is 454 g/mol. The van der Waals surface area contributed by atoms with Gasteiger partial charge in [-0.25, -0.2) is 0 Å². The molecule has 0 aromatic rings. The van der Waals surface area contributed by atoms with E-state index in [4.69, 9.17) is 0 Å². The van der Waals surface area contributed by atoms with Crippen molar-refractivity contribution in [1.82, 2.24) is 15.5 Å². The van der Waals surface area contributed by atoms with Gasteiger partial charge in [-0.2, -0.15) is 11.8 Å². The van der Waals surface area contributed by atoms with Gasteiger partial charge in [0.15, 0.2) is 5.96 Å². The molecule has 23 heavy (non-hydrogen) atoms. The molecule has 2 fully saturated rings. The summed E-state index contributed by atoms with van der Waals surface area (Å²) < 4.78 is 0. The van der Waals surface area contributed by atoms with E-state index in [0.29, 0.717) is 0 Å². The number of nitrogens with zero attached hydrogens (tertiary/aromatic N) is 2. The molecule has 0 aliphatic carbocycles. The Balaban J connectivity index is 0.00000264. The molecule has 0 radical (unpaired) electrons. The Bertz CT molecular complexity index is 316. The molecule has 4 nitrogen and oxygen atoms in total. The molecule has 0 spiro atoms. The van der Waals surface area contributed by atoms with Gasteiger partial charge in [0.25, 0.3) is 0 Å². The molecular formula is C17H35IN4S. The molecule has 0 amide bonds. The number of thioether (sulfide) groups is 1. The first-order valence-electron chi connectivity index (χ1n) is 9.17. The number of hydrogen-bond acceptors (Lipinski definition) is 3. The number of likely N-dealkylation sites (tertiary alicyclic amines) is 1. The number of aliphatic imine (C=N–C) groups is 1. The standard InChI is InChI=1S/C17H34N4S.HI/c1-18-17(20-15-16-9-8-14-22-16)19-10-4-2-5-11-21-12-6-3-7-13-21;/h16H,2-15H2,1H3,(H2,18,19,20);1H. The number of halogens is 1. The van der Waals surface area contributed by atoms with Crippen molar-refractivity contribution in [1.29, 1.82) is 0 Å². The van der Waals surface area contributed by atoms with Crippen molar-refractivity contribution in [3.63, 3.8) is 0 Å². The summed E-state index contributed by atoms with van der Waals surface area (Å²) in [5, 5.41) is 7.69. The maximum atomic E-state index is 4.32. The number of hydrogen-bond donors (Lipinski definition) is 2. The smallest absolute Gasteiger partial charge is 0.191 e. The van der Waals surface area contributed by atoms with Gasteiger partial charge in [0.05, 0.1) is 0 Å². The van der Waals surface area contributed by atoms with Crippen LogP contribution < -0.4 is 10.6 Å². The summed E-state index contributed by atoms with van der Waals surface area (Å²) in [6, 6.07) is 0. The van der Waals surface area contributed by atoms with Gasteiger partial charge in [0.1, 0.15) is 0 Å². The first kappa shape index (κ1) is 21.4. The Hall–Kier alpha value is 0.310. The summed E-state index contributed by atoms with van der Waals surface area (Å²) in [7, 11) is 1.87. The first-order chi connectivity index (χ1) is 10.9. The van der Waals surface area contributed by atoms with Crippen molar-refractivity contribution < 1.29 is 0 Å². The molecule has 2 aliphatic rings. The fourth-order valence-electron chi connectivity index (χ4n) is 3.26. The summed E-state index contributed by atoms with van der Waals surface area (Å²) in [4.78, 5) is 6.95. The summed E-state index contributed by atoms with van der Waals surface area (Å²) in [6.45, 7) is 6.05. The van der Waals surface area contributed by atoms with Crippen LogP contribution in [0, 0.1) is 0 Å².